The molecule has 1 fully saturated rings. The highest BCUT2D eigenvalue weighted by Gasteiger charge is 2.34. The van der Waals surface area contributed by atoms with E-state index in [1.807, 2.05) is 18.2 Å². The van der Waals surface area contributed by atoms with Crippen molar-refractivity contribution in [2.24, 2.45) is 0 Å². The standard InChI is InChI=1S/C23H20ClN3O4/c1-31-21-13-25-19(12-26-21)16-9-8-14(11-17(16)15-5-2-3-6-18(15)24)22(28)27-10-4-7-20(27)23(29)30/h2-3,5-6,8-9,11-13,20H,4,7,10H2,1H3,(H,29,30). The number of rotatable bonds is 5. The van der Waals surface area contributed by atoms with Gasteiger partial charge in [0.15, 0.2) is 0 Å². The zero-order valence-corrected chi connectivity index (χ0v) is 17.5. The lowest BCUT2D eigenvalue weighted by atomic mass is 9.95. The molecule has 0 radical (unpaired) electrons. The van der Waals surface area contributed by atoms with Crippen LogP contribution < -0.4 is 4.74 Å². The third-order valence-electron chi connectivity index (χ3n) is 5.34. The van der Waals surface area contributed by atoms with Crippen LogP contribution in [0.5, 0.6) is 5.88 Å². The summed E-state index contributed by atoms with van der Waals surface area (Å²) in [5, 5.41) is 9.97. The van der Waals surface area contributed by atoms with Gasteiger partial charge in [-0.15, -0.1) is 0 Å². The Bertz CT molecular complexity index is 1130. The van der Waals surface area contributed by atoms with Crippen molar-refractivity contribution >= 4 is 23.5 Å². The Hall–Kier alpha value is -3.45. The van der Waals surface area contributed by atoms with E-state index in [9.17, 15) is 14.7 Å². The monoisotopic (exact) mass is 437 g/mol. The molecule has 7 nitrogen and oxygen atoms in total. The summed E-state index contributed by atoms with van der Waals surface area (Å²) in [5.74, 6) is -0.906. The average Bonchev–Trinajstić information content (AvgIpc) is 3.29. The number of nitrogens with zero attached hydrogens (tertiary/aromatic N) is 3. The van der Waals surface area contributed by atoms with Crippen molar-refractivity contribution in [1.82, 2.24) is 14.9 Å². The lowest BCUT2D eigenvalue weighted by molar-refractivity contribution is -0.141. The molecule has 0 aliphatic carbocycles. The number of aliphatic carboxylic acids is 1. The molecule has 2 aromatic carbocycles. The fraction of sp³-hybridized carbons (Fsp3) is 0.217. The van der Waals surface area contributed by atoms with Gasteiger partial charge in [0.05, 0.1) is 25.2 Å². The van der Waals surface area contributed by atoms with Gasteiger partial charge in [0.1, 0.15) is 6.04 Å². The summed E-state index contributed by atoms with van der Waals surface area (Å²) in [7, 11) is 1.52. The highest BCUT2D eigenvalue weighted by molar-refractivity contribution is 6.33. The van der Waals surface area contributed by atoms with Crippen molar-refractivity contribution in [3.63, 3.8) is 0 Å². The summed E-state index contributed by atoms with van der Waals surface area (Å²) in [4.78, 5) is 34.7. The molecule has 4 rings (SSSR count). The van der Waals surface area contributed by atoms with Crippen molar-refractivity contribution in [3.05, 3.63) is 65.4 Å². The van der Waals surface area contributed by atoms with Gasteiger partial charge in [-0.05, 0) is 36.6 Å². The fourth-order valence-electron chi connectivity index (χ4n) is 3.80. The summed E-state index contributed by atoms with van der Waals surface area (Å²) in [6, 6.07) is 11.7. The molecule has 1 aliphatic heterocycles. The van der Waals surface area contributed by atoms with Gasteiger partial charge < -0.3 is 14.7 Å². The molecule has 158 valence electrons. The van der Waals surface area contributed by atoms with Crippen LogP contribution in [0.3, 0.4) is 0 Å². The maximum atomic E-state index is 13.1. The van der Waals surface area contributed by atoms with Crippen LogP contribution in [0.4, 0.5) is 0 Å². The Labute approximate surface area is 184 Å². The third kappa shape index (κ3) is 4.09. The molecular weight excluding hydrogens is 418 g/mol. The largest absolute Gasteiger partial charge is 0.480 e. The molecule has 0 bridgehead atoms. The number of methoxy groups -OCH3 is 1. The van der Waals surface area contributed by atoms with Gasteiger partial charge in [-0.1, -0.05) is 35.9 Å². The van der Waals surface area contributed by atoms with Gasteiger partial charge in [0.25, 0.3) is 5.91 Å². The third-order valence-corrected chi connectivity index (χ3v) is 5.67. The number of carbonyl (C=O) groups is 2. The van der Waals surface area contributed by atoms with E-state index in [1.54, 1.807) is 30.5 Å². The highest BCUT2D eigenvalue weighted by Crippen LogP contribution is 2.36. The lowest BCUT2D eigenvalue weighted by Gasteiger charge is -2.22. The Morgan fingerprint density at radius 3 is 2.58 bits per heavy atom. The molecule has 1 atom stereocenters. The van der Waals surface area contributed by atoms with E-state index in [0.29, 0.717) is 47.1 Å². The number of carbonyl (C=O) groups excluding carboxylic acids is 1. The first kappa shape index (κ1) is 20.8. The van der Waals surface area contributed by atoms with Crippen molar-refractivity contribution < 1.29 is 19.4 Å². The highest BCUT2D eigenvalue weighted by atomic mass is 35.5. The minimum atomic E-state index is -0.984. The smallest absolute Gasteiger partial charge is 0.326 e. The second kappa shape index (κ2) is 8.73. The Morgan fingerprint density at radius 1 is 1.10 bits per heavy atom. The molecular formula is C23H20ClN3O4. The average molecular weight is 438 g/mol. The van der Waals surface area contributed by atoms with Crippen LogP contribution in [-0.2, 0) is 4.79 Å². The second-order valence-electron chi connectivity index (χ2n) is 7.18. The van der Waals surface area contributed by atoms with E-state index < -0.39 is 12.0 Å². The first-order valence-electron chi connectivity index (χ1n) is 9.78. The van der Waals surface area contributed by atoms with Crippen LogP contribution in [0.2, 0.25) is 5.02 Å². The summed E-state index contributed by atoms with van der Waals surface area (Å²) < 4.78 is 5.08. The molecule has 1 N–H and O–H groups in total. The molecule has 1 aliphatic rings. The maximum absolute atomic E-state index is 13.1. The van der Waals surface area contributed by atoms with E-state index in [0.717, 1.165) is 11.1 Å². The number of carboxylic acid groups (broad SMARTS) is 1. The molecule has 3 aromatic rings. The quantitative estimate of drug-likeness (QED) is 0.644. The van der Waals surface area contributed by atoms with Crippen LogP contribution in [0.15, 0.2) is 54.9 Å². The first-order chi connectivity index (χ1) is 15.0. The Kier molecular flexibility index (Phi) is 5.86. The number of likely N-dealkylation sites (tertiary alicyclic amines) is 1. The molecule has 0 saturated carbocycles. The molecule has 1 aromatic heterocycles. The summed E-state index contributed by atoms with van der Waals surface area (Å²) in [6.07, 6.45) is 4.24. The minimum Gasteiger partial charge on any atom is -0.480 e. The van der Waals surface area contributed by atoms with E-state index in [4.69, 9.17) is 16.3 Å². The maximum Gasteiger partial charge on any atom is 0.326 e. The topological polar surface area (TPSA) is 92.6 Å². The van der Waals surface area contributed by atoms with Crippen LogP contribution >= 0.6 is 11.6 Å². The molecule has 1 saturated heterocycles. The van der Waals surface area contributed by atoms with Gasteiger partial charge in [-0.2, -0.15) is 0 Å². The number of ether oxygens (including phenoxy) is 1. The number of hydrogen-bond acceptors (Lipinski definition) is 5. The van der Waals surface area contributed by atoms with Crippen molar-refractivity contribution in [2.75, 3.05) is 13.7 Å². The van der Waals surface area contributed by atoms with Crippen molar-refractivity contribution in [2.45, 2.75) is 18.9 Å². The number of amides is 1. The number of carboxylic acids is 1. The summed E-state index contributed by atoms with van der Waals surface area (Å²) in [5.41, 5.74) is 3.19. The first-order valence-corrected chi connectivity index (χ1v) is 10.2. The predicted octanol–water partition coefficient (Wildman–Crippen LogP) is 4.16. The zero-order chi connectivity index (χ0) is 22.0. The van der Waals surface area contributed by atoms with Crippen LogP contribution in [0, 0.1) is 0 Å². The van der Waals surface area contributed by atoms with Crippen LogP contribution in [0.1, 0.15) is 23.2 Å². The Balaban J connectivity index is 1.81. The summed E-state index contributed by atoms with van der Waals surface area (Å²) in [6.45, 7) is 0.420. The minimum absolute atomic E-state index is 0.314. The Morgan fingerprint density at radius 2 is 1.90 bits per heavy atom. The van der Waals surface area contributed by atoms with E-state index >= 15 is 0 Å². The van der Waals surface area contributed by atoms with Crippen molar-refractivity contribution in [1.29, 1.82) is 0 Å². The van der Waals surface area contributed by atoms with Gasteiger partial charge in [-0.25, -0.2) is 14.8 Å². The van der Waals surface area contributed by atoms with Crippen LogP contribution in [-0.4, -0.2) is 51.5 Å². The van der Waals surface area contributed by atoms with Crippen LogP contribution in [0.25, 0.3) is 22.4 Å². The SMILES string of the molecule is COc1cnc(-c2ccc(C(=O)N3CCCC3C(=O)O)cc2-c2ccccc2Cl)cn1. The molecule has 2 heterocycles. The number of aromatic nitrogens is 2. The number of benzene rings is 2. The molecule has 0 spiro atoms. The molecule has 8 heteroatoms. The van der Waals surface area contributed by atoms with Gasteiger partial charge in [0.2, 0.25) is 5.88 Å². The lowest BCUT2D eigenvalue weighted by Crippen LogP contribution is -2.40. The zero-order valence-electron chi connectivity index (χ0n) is 16.8. The van der Waals surface area contributed by atoms with Gasteiger partial charge in [-0.3, -0.25) is 4.79 Å². The van der Waals surface area contributed by atoms with Gasteiger partial charge >= 0.3 is 5.97 Å². The fourth-order valence-corrected chi connectivity index (χ4v) is 4.03. The normalized spacial score (nSPS) is 15.7. The predicted molar refractivity (Wildman–Crippen MR) is 116 cm³/mol. The molecule has 1 unspecified atom stereocenters. The van der Waals surface area contributed by atoms with E-state index in [2.05, 4.69) is 9.97 Å². The van der Waals surface area contributed by atoms with E-state index in [1.165, 1.54) is 18.2 Å². The van der Waals surface area contributed by atoms with Crippen molar-refractivity contribution in [3.8, 4) is 28.3 Å². The second-order valence-corrected chi connectivity index (χ2v) is 7.59. The number of hydrogen-bond donors (Lipinski definition) is 1. The van der Waals surface area contributed by atoms with Gasteiger partial charge in [0, 0.05) is 28.3 Å². The number of halogens is 1. The summed E-state index contributed by atoms with van der Waals surface area (Å²) >= 11 is 6.46. The van der Waals surface area contributed by atoms with E-state index in [-0.39, 0.29) is 5.91 Å². The molecule has 1 amide bonds. The molecule has 31 heavy (non-hydrogen) atoms.